The largest absolute Gasteiger partial charge is 0.347 e. The SMILES string of the molecule is Cn1c(-c2ccc(NC(=O)CNC(=O)Cc3cccc(F)c3)cc2)nc2ccccc21. The number of benzene rings is 3. The highest BCUT2D eigenvalue weighted by molar-refractivity contribution is 5.95. The topological polar surface area (TPSA) is 76.0 Å². The summed E-state index contributed by atoms with van der Waals surface area (Å²) in [6.45, 7) is -0.166. The van der Waals surface area contributed by atoms with Gasteiger partial charge in [0, 0.05) is 18.3 Å². The second-order valence-corrected chi connectivity index (χ2v) is 7.19. The quantitative estimate of drug-likeness (QED) is 0.504. The Balaban J connectivity index is 1.33. The van der Waals surface area contributed by atoms with Crippen molar-refractivity contribution in [1.82, 2.24) is 14.9 Å². The summed E-state index contributed by atoms with van der Waals surface area (Å²) in [4.78, 5) is 28.8. The number of nitrogens with zero attached hydrogens (tertiary/aromatic N) is 2. The average Bonchev–Trinajstić information content (AvgIpc) is 3.10. The summed E-state index contributed by atoms with van der Waals surface area (Å²) in [6.07, 6.45) is 0.0117. The van der Waals surface area contributed by atoms with Crippen LogP contribution in [0.2, 0.25) is 0 Å². The number of para-hydroxylation sites is 2. The number of halogens is 1. The van der Waals surface area contributed by atoms with Crippen molar-refractivity contribution in [3.63, 3.8) is 0 Å². The van der Waals surface area contributed by atoms with Crippen molar-refractivity contribution in [2.24, 2.45) is 7.05 Å². The van der Waals surface area contributed by atoms with Crippen LogP contribution in [0.5, 0.6) is 0 Å². The molecule has 0 saturated heterocycles. The Morgan fingerprint density at radius 2 is 1.74 bits per heavy atom. The van der Waals surface area contributed by atoms with E-state index in [-0.39, 0.29) is 24.8 Å². The summed E-state index contributed by atoms with van der Waals surface area (Å²) in [5, 5.41) is 5.29. The number of anilines is 1. The van der Waals surface area contributed by atoms with Gasteiger partial charge in [0.2, 0.25) is 11.8 Å². The summed E-state index contributed by atoms with van der Waals surface area (Å²) in [6, 6.07) is 21.1. The lowest BCUT2D eigenvalue weighted by Crippen LogP contribution is -2.33. The Kier molecular flexibility index (Phi) is 5.75. The molecule has 0 radical (unpaired) electrons. The molecule has 0 atom stereocenters. The normalized spacial score (nSPS) is 10.8. The molecule has 0 aliphatic rings. The van der Waals surface area contributed by atoms with Gasteiger partial charge >= 0.3 is 0 Å². The van der Waals surface area contributed by atoms with E-state index in [2.05, 4.69) is 15.6 Å². The monoisotopic (exact) mass is 416 g/mol. The number of imidazole rings is 1. The Bertz CT molecular complexity index is 1250. The van der Waals surface area contributed by atoms with Crippen molar-refractivity contribution in [2.75, 3.05) is 11.9 Å². The van der Waals surface area contributed by atoms with Crippen LogP contribution in [0.15, 0.2) is 72.8 Å². The van der Waals surface area contributed by atoms with Crippen molar-refractivity contribution < 1.29 is 14.0 Å². The molecule has 2 amide bonds. The molecule has 0 bridgehead atoms. The van der Waals surface area contributed by atoms with Crippen LogP contribution in [0.1, 0.15) is 5.56 Å². The molecule has 2 N–H and O–H groups in total. The smallest absolute Gasteiger partial charge is 0.243 e. The van der Waals surface area contributed by atoms with E-state index < -0.39 is 5.82 Å². The zero-order chi connectivity index (χ0) is 21.8. The second kappa shape index (κ2) is 8.79. The number of hydrogen-bond acceptors (Lipinski definition) is 3. The maximum Gasteiger partial charge on any atom is 0.243 e. The van der Waals surface area contributed by atoms with Gasteiger partial charge in [-0.2, -0.15) is 0 Å². The summed E-state index contributed by atoms with van der Waals surface area (Å²) >= 11 is 0. The number of fused-ring (bicyclic) bond motifs is 1. The summed E-state index contributed by atoms with van der Waals surface area (Å²) in [7, 11) is 1.97. The lowest BCUT2D eigenvalue weighted by molar-refractivity contribution is -0.123. The maximum absolute atomic E-state index is 13.2. The van der Waals surface area contributed by atoms with Crippen LogP contribution in [-0.2, 0) is 23.1 Å². The number of carbonyl (C=O) groups excluding carboxylic acids is 2. The van der Waals surface area contributed by atoms with Gasteiger partial charge in [0.05, 0.1) is 24.0 Å². The van der Waals surface area contributed by atoms with Crippen LogP contribution in [0.4, 0.5) is 10.1 Å². The van der Waals surface area contributed by atoms with E-state index in [1.807, 2.05) is 48.0 Å². The zero-order valence-corrected chi connectivity index (χ0v) is 16.9. The number of hydrogen-bond donors (Lipinski definition) is 2. The van der Waals surface area contributed by atoms with Gasteiger partial charge in [-0.15, -0.1) is 0 Å². The first-order valence-corrected chi connectivity index (χ1v) is 9.82. The van der Waals surface area contributed by atoms with Gasteiger partial charge in [-0.05, 0) is 54.1 Å². The fourth-order valence-electron chi connectivity index (χ4n) is 3.39. The number of rotatable bonds is 6. The second-order valence-electron chi connectivity index (χ2n) is 7.19. The third kappa shape index (κ3) is 4.78. The van der Waals surface area contributed by atoms with E-state index in [0.717, 1.165) is 22.4 Å². The molecule has 4 aromatic rings. The van der Waals surface area contributed by atoms with E-state index in [0.29, 0.717) is 11.3 Å². The van der Waals surface area contributed by atoms with Crippen LogP contribution in [0.3, 0.4) is 0 Å². The Labute approximate surface area is 178 Å². The molecule has 0 spiro atoms. The fourth-order valence-corrected chi connectivity index (χ4v) is 3.39. The standard InChI is InChI=1S/C24H21FN4O2/c1-29-21-8-3-2-7-20(21)28-24(29)17-9-11-19(12-10-17)27-23(31)15-26-22(30)14-16-5-4-6-18(25)13-16/h2-13H,14-15H2,1H3,(H,26,30)(H,27,31). The van der Waals surface area contributed by atoms with Gasteiger partial charge in [0.25, 0.3) is 0 Å². The number of amides is 2. The van der Waals surface area contributed by atoms with Crippen molar-refractivity contribution in [1.29, 1.82) is 0 Å². The summed E-state index contributed by atoms with van der Waals surface area (Å²) in [5.41, 5.74) is 4.07. The minimum Gasteiger partial charge on any atom is -0.347 e. The molecule has 7 heteroatoms. The van der Waals surface area contributed by atoms with Crippen LogP contribution in [0, 0.1) is 5.82 Å². The highest BCUT2D eigenvalue weighted by Crippen LogP contribution is 2.24. The molecule has 0 aliphatic heterocycles. The first kappa shape index (κ1) is 20.3. The molecule has 0 saturated carbocycles. The van der Waals surface area contributed by atoms with Crippen molar-refractivity contribution >= 4 is 28.5 Å². The maximum atomic E-state index is 13.2. The van der Waals surface area contributed by atoms with Crippen LogP contribution < -0.4 is 10.6 Å². The Morgan fingerprint density at radius 1 is 0.968 bits per heavy atom. The molecule has 1 heterocycles. The summed E-state index contributed by atoms with van der Waals surface area (Å²) < 4.78 is 15.2. The van der Waals surface area contributed by atoms with Gasteiger partial charge < -0.3 is 15.2 Å². The number of aromatic nitrogens is 2. The molecule has 0 unspecified atom stereocenters. The Morgan fingerprint density at radius 3 is 2.48 bits per heavy atom. The molecular weight excluding hydrogens is 395 g/mol. The van der Waals surface area contributed by atoms with Crippen molar-refractivity contribution in [3.8, 4) is 11.4 Å². The van der Waals surface area contributed by atoms with Gasteiger partial charge in [-0.1, -0.05) is 24.3 Å². The van der Waals surface area contributed by atoms with Crippen LogP contribution in [-0.4, -0.2) is 27.9 Å². The van der Waals surface area contributed by atoms with E-state index in [9.17, 15) is 14.0 Å². The van der Waals surface area contributed by atoms with Crippen molar-refractivity contribution in [2.45, 2.75) is 6.42 Å². The summed E-state index contributed by atoms with van der Waals surface area (Å²) in [5.74, 6) is -0.255. The number of aryl methyl sites for hydroxylation is 1. The average molecular weight is 416 g/mol. The van der Waals surface area contributed by atoms with E-state index in [1.165, 1.54) is 12.1 Å². The molecule has 4 rings (SSSR count). The predicted octanol–water partition coefficient (Wildman–Crippen LogP) is 3.68. The van der Waals surface area contributed by atoms with Gasteiger partial charge in [-0.25, -0.2) is 9.37 Å². The van der Waals surface area contributed by atoms with Crippen molar-refractivity contribution in [3.05, 3.63) is 84.2 Å². The molecule has 156 valence electrons. The molecule has 3 aromatic carbocycles. The molecule has 6 nitrogen and oxygen atoms in total. The first-order valence-electron chi connectivity index (χ1n) is 9.82. The fraction of sp³-hybridized carbons (Fsp3) is 0.125. The highest BCUT2D eigenvalue weighted by Gasteiger charge is 2.11. The lowest BCUT2D eigenvalue weighted by atomic mass is 10.1. The number of carbonyl (C=O) groups is 2. The third-order valence-corrected chi connectivity index (χ3v) is 4.91. The van der Waals surface area contributed by atoms with Gasteiger partial charge in [-0.3, -0.25) is 9.59 Å². The molecule has 0 fully saturated rings. The first-order chi connectivity index (χ1) is 15.0. The van der Waals surface area contributed by atoms with Crippen LogP contribution in [0.25, 0.3) is 22.4 Å². The minimum absolute atomic E-state index is 0.0117. The number of nitrogens with one attached hydrogen (secondary N) is 2. The Hall–Kier alpha value is -4.00. The zero-order valence-electron chi connectivity index (χ0n) is 16.9. The van der Waals surface area contributed by atoms with E-state index in [4.69, 9.17) is 0 Å². The van der Waals surface area contributed by atoms with E-state index in [1.54, 1.807) is 24.3 Å². The molecular formula is C24H21FN4O2. The highest BCUT2D eigenvalue weighted by atomic mass is 19.1. The molecule has 0 aliphatic carbocycles. The van der Waals surface area contributed by atoms with Crippen LogP contribution >= 0.6 is 0 Å². The lowest BCUT2D eigenvalue weighted by Gasteiger charge is -2.08. The molecule has 31 heavy (non-hydrogen) atoms. The van der Waals surface area contributed by atoms with Gasteiger partial charge in [0.1, 0.15) is 11.6 Å². The minimum atomic E-state index is -0.398. The van der Waals surface area contributed by atoms with Gasteiger partial charge in [0.15, 0.2) is 0 Å². The van der Waals surface area contributed by atoms with E-state index >= 15 is 0 Å². The third-order valence-electron chi connectivity index (χ3n) is 4.91. The molecule has 1 aromatic heterocycles. The predicted molar refractivity (Wildman–Crippen MR) is 118 cm³/mol.